The maximum Gasteiger partial charge on any atom is 0.339 e. The SMILES string of the molecule is CCOC(=O)CCc1ccc(C(=O)OCC)c(I)c1. The topological polar surface area (TPSA) is 52.6 Å². The van der Waals surface area contributed by atoms with Gasteiger partial charge in [0.25, 0.3) is 0 Å². The van der Waals surface area contributed by atoms with Gasteiger partial charge in [-0.15, -0.1) is 0 Å². The molecule has 0 aliphatic rings. The molecule has 0 saturated heterocycles. The van der Waals surface area contributed by atoms with Crippen molar-refractivity contribution in [3.05, 3.63) is 32.9 Å². The van der Waals surface area contributed by atoms with Crippen LogP contribution in [0.15, 0.2) is 18.2 Å². The summed E-state index contributed by atoms with van der Waals surface area (Å²) in [7, 11) is 0. The summed E-state index contributed by atoms with van der Waals surface area (Å²) in [6.07, 6.45) is 0.959. The van der Waals surface area contributed by atoms with E-state index in [2.05, 4.69) is 22.6 Å². The van der Waals surface area contributed by atoms with Gasteiger partial charge in [-0.25, -0.2) is 4.79 Å². The smallest absolute Gasteiger partial charge is 0.339 e. The lowest BCUT2D eigenvalue weighted by Crippen LogP contribution is -2.08. The fraction of sp³-hybridized carbons (Fsp3) is 0.429. The van der Waals surface area contributed by atoms with Crippen molar-refractivity contribution in [1.82, 2.24) is 0 Å². The third-order valence-electron chi connectivity index (χ3n) is 2.45. The first-order chi connectivity index (χ1) is 9.08. The molecule has 1 aromatic rings. The van der Waals surface area contributed by atoms with E-state index in [-0.39, 0.29) is 11.9 Å². The van der Waals surface area contributed by atoms with Crippen LogP contribution in [0.1, 0.15) is 36.2 Å². The third kappa shape index (κ3) is 5.18. The second-order valence-corrected chi connectivity index (χ2v) is 5.00. The number of ether oxygens (including phenoxy) is 2. The molecule has 1 rings (SSSR count). The largest absolute Gasteiger partial charge is 0.466 e. The summed E-state index contributed by atoms with van der Waals surface area (Å²) in [5, 5.41) is 0. The summed E-state index contributed by atoms with van der Waals surface area (Å²) in [5.41, 5.74) is 1.56. The van der Waals surface area contributed by atoms with Gasteiger partial charge < -0.3 is 9.47 Å². The zero-order valence-corrected chi connectivity index (χ0v) is 13.2. The molecule has 0 atom stereocenters. The fourth-order valence-corrected chi connectivity index (χ4v) is 2.37. The predicted molar refractivity (Wildman–Crippen MR) is 80.1 cm³/mol. The molecule has 4 nitrogen and oxygen atoms in total. The number of carbonyl (C=O) groups is 2. The van der Waals surface area contributed by atoms with E-state index in [1.807, 2.05) is 12.1 Å². The van der Waals surface area contributed by atoms with Crippen LogP contribution in [0.25, 0.3) is 0 Å². The number of hydrogen-bond donors (Lipinski definition) is 0. The van der Waals surface area contributed by atoms with Gasteiger partial charge in [0.2, 0.25) is 0 Å². The highest BCUT2D eigenvalue weighted by atomic mass is 127. The van der Waals surface area contributed by atoms with E-state index in [0.717, 1.165) is 9.13 Å². The van der Waals surface area contributed by atoms with Gasteiger partial charge in [-0.3, -0.25) is 4.79 Å². The molecule has 19 heavy (non-hydrogen) atoms. The van der Waals surface area contributed by atoms with Crippen LogP contribution in [0.4, 0.5) is 0 Å². The van der Waals surface area contributed by atoms with Crippen LogP contribution >= 0.6 is 22.6 Å². The Kier molecular flexibility index (Phi) is 6.83. The molecule has 0 aliphatic carbocycles. The number of rotatable bonds is 6. The Bertz CT molecular complexity index is 457. The molecular formula is C14H17IO4. The summed E-state index contributed by atoms with van der Waals surface area (Å²) < 4.78 is 10.7. The van der Waals surface area contributed by atoms with E-state index in [0.29, 0.717) is 31.6 Å². The number of carbonyl (C=O) groups excluding carboxylic acids is 2. The molecule has 0 aromatic heterocycles. The molecule has 104 valence electrons. The number of halogens is 1. The Morgan fingerprint density at radius 2 is 1.84 bits per heavy atom. The van der Waals surface area contributed by atoms with Crippen LogP contribution in [0, 0.1) is 3.57 Å². The quantitative estimate of drug-likeness (QED) is 0.566. The molecule has 0 amide bonds. The van der Waals surface area contributed by atoms with Gasteiger partial charge in [-0.1, -0.05) is 6.07 Å². The van der Waals surface area contributed by atoms with Crippen molar-refractivity contribution in [2.45, 2.75) is 26.7 Å². The Morgan fingerprint density at radius 1 is 1.16 bits per heavy atom. The summed E-state index contributed by atoms with van der Waals surface area (Å²) in [6.45, 7) is 4.32. The lowest BCUT2D eigenvalue weighted by Gasteiger charge is -2.07. The van der Waals surface area contributed by atoms with E-state index in [4.69, 9.17) is 9.47 Å². The van der Waals surface area contributed by atoms with E-state index >= 15 is 0 Å². The van der Waals surface area contributed by atoms with Gasteiger partial charge in [-0.2, -0.15) is 0 Å². The van der Waals surface area contributed by atoms with Crippen LogP contribution in [-0.4, -0.2) is 25.2 Å². The first kappa shape index (κ1) is 15.9. The number of benzene rings is 1. The zero-order chi connectivity index (χ0) is 14.3. The van der Waals surface area contributed by atoms with Crippen molar-refractivity contribution in [3.8, 4) is 0 Å². The van der Waals surface area contributed by atoms with Crippen molar-refractivity contribution in [2.75, 3.05) is 13.2 Å². The van der Waals surface area contributed by atoms with Crippen molar-refractivity contribution in [1.29, 1.82) is 0 Å². The molecule has 0 unspecified atom stereocenters. The van der Waals surface area contributed by atoms with Crippen LogP contribution in [0.5, 0.6) is 0 Å². The van der Waals surface area contributed by atoms with Crippen molar-refractivity contribution < 1.29 is 19.1 Å². The van der Waals surface area contributed by atoms with Gasteiger partial charge >= 0.3 is 11.9 Å². The van der Waals surface area contributed by atoms with Crippen LogP contribution in [0.3, 0.4) is 0 Å². The van der Waals surface area contributed by atoms with E-state index in [1.165, 1.54) is 0 Å². The highest BCUT2D eigenvalue weighted by molar-refractivity contribution is 14.1. The number of hydrogen-bond acceptors (Lipinski definition) is 4. The molecule has 0 radical (unpaired) electrons. The number of aryl methyl sites for hydroxylation is 1. The van der Waals surface area contributed by atoms with Crippen molar-refractivity contribution in [3.63, 3.8) is 0 Å². The monoisotopic (exact) mass is 376 g/mol. The lowest BCUT2D eigenvalue weighted by molar-refractivity contribution is -0.143. The summed E-state index contributed by atoms with van der Waals surface area (Å²) >= 11 is 2.10. The minimum atomic E-state index is -0.316. The normalized spacial score (nSPS) is 10.1. The highest BCUT2D eigenvalue weighted by Crippen LogP contribution is 2.17. The molecule has 5 heteroatoms. The molecule has 0 N–H and O–H groups in total. The maximum absolute atomic E-state index is 11.6. The van der Waals surface area contributed by atoms with Gasteiger partial charge in [-0.05, 0) is 60.6 Å². The molecule has 0 spiro atoms. The second-order valence-electron chi connectivity index (χ2n) is 3.84. The lowest BCUT2D eigenvalue weighted by atomic mass is 10.1. The van der Waals surface area contributed by atoms with Gasteiger partial charge in [0.15, 0.2) is 0 Å². The Morgan fingerprint density at radius 3 is 2.42 bits per heavy atom. The molecule has 0 fully saturated rings. The standard InChI is InChI=1S/C14H17IO4/c1-3-18-13(16)8-6-10-5-7-11(12(15)9-10)14(17)19-4-2/h5,7,9H,3-4,6,8H2,1-2H3. The second kappa shape index (κ2) is 8.14. The fourth-order valence-electron chi connectivity index (χ4n) is 1.57. The van der Waals surface area contributed by atoms with Crippen LogP contribution in [-0.2, 0) is 20.7 Å². The summed E-state index contributed by atoms with van der Waals surface area (Å²) in [4.78, 5) is 22.9. The molecule has 0 aliphatic heterocycles. The van der Waals surface area contributed by atoms with Gasteiger partial charge in [0.1, 0.15) is 0 Å². The average Bonchev–Trinajstić information content (AvgIpc) is 2.37. The van der Waals surface area contributed by atoms with E-state index < -0.39 is 0 Å². The minimum absolute atomic E-state index is 0.202. The summed E-state index contributed by atoms with van der Waals surface area (Å²) in [6, 6.07) is 5.47. The van der Waals surface area contributed by atoms with Gasteiger partial charge in [0, 0.05) is 9.99 Å². The highest BCUT2D eigenvalue weighted by Gasteiger charge is 2.11. The minimum Gasteiger partial charge on any atom is -0.466 e. The van der Waals surface area contributed by atoms with Crippen molar-refractivity contribution >= 4 is 34.5 Å². The van der Waals surface area contributed by atoms with E-state index in [1.54, 1.807) is 19.9 Å². The first-order valence-electron chi connectivity index (χ1n) is 6.19. The van der Waals surface area contributed by atoms with Crippen LogP contribution in [0.2, 0.25) is 0 Å². The first-order valence-corrected chi connectivity index (χ1v) is 7.27. The molecule has 0 heterocycles. The molecule has 0 saturated carbocycles. The van der Waals surface area contributed by atoms with Gasteiger partial charge in [0.05, 0.1) is 18.8 Å². The Labute approximate surface area is 126 Å². The predicted octanol–water partition coefficient (Wildman–Crippen LogP) is 2.96. The maximum atomic E-state index is 11.6. The van der Waals surface area contributed by atoms with Crippen LogP contribution < -0.4 is 0 Å². The zero-order valence-electron chi connectivity index (χ0n) is 11.1. The Hall–Kier alpha value is -1.11. The van der Waals surface area contributed by atoms with E-state index in [9.17, 15) is 9.59 Å². The molecular weight excluding hydrogens is 359 g/mol. The summed E-state index contributed by atoms with van der Waals surface area (Å²) in [5.74, 6) is -0.518. The molecule has 0 bridgehead atoms. The third-order valence-corrected chi connectivity index (χ3v) is 3.34. The Balaban J connectivity index is 2.66. The number of esters is 2. The average molecular weight is 376 g/mol. The van der Waals surface area contributed by atoms with Crippen molar-refractivity contribution in [2.24, 2.45) is 0 Å². The molecule has 1 aromatic carbocycles.